The normalized spacial score (nSPS) is 17.4. The monoisotopic (exact) mass is 1130 g/mol. The maximum atomic E-state index is 13.7. The minimum Gasteiger partial charge on any atom is -0.506 e. The van der Waals surface area contributed by atoms with E-state index < -0.39 is 52.8 Å². The van der Waals surface area contributed by atoms with Gasteiger partial charge in [0.05, 0.1) is 62.6 Å². The molecule has 7 rings (SSSR count). The fourth-order valence-corrected chi connectivity index (χ4v) is 10.9. The van der Waals surface area contributed by atoms with Crippen molar-refractivity contribution in [3.8, 4) is 17.4 Å². The van der Waals surface area contributed by atoms with Gasteiger partial charge in [-0.2, -0.15) is 24.9 Å². The molecule has 0 bridgehead atoms. The van der Waals surface area contributed by atoms with Gasteiger partial charge in [-0.1, -0.05) is 42.0 Å². The predicted octanol–water partition coefficient (Wildman–Crippen LogP) is 4.62. The standard InChI is InChI=1S/C51H63F3N10O12S2/c1-63(41-17-14-35(65)30-57-41)20-23-76-36-15-8-32(9-16-36)28-40-47(70)64(49(72)78-40)43(67)29-37(58-45(68)33-10-12-34(13-11-33)50(61-62-50)51(52,53)54)46(69)56-19-5-22-74-25-27-75-26-24-73-21-4-18-55-42(66)7-3-2-6-39-44-38(31-77-39)59-48(71)60-44/h8-17,30,37-39,44,65,70H,2-7,18-29,31H2,1H3,(H,55,66)(H,56,69)(H,58,68)(H2,59,60,71)/t37-,38+,39+,44+/m1/s1. The molecule has 0 spiro atoms. The van der Waals surface area contributed by atoms with Crippen molar-refractivity contribution in [2.75, 3.05) is 83.6 Å². The molecule has 2 fully saturated rings. The van der Waals surface area contributed by atoms with Gasteiger partial charge in [0.2, 0.25) is 23.6 Å². The number of likely N-dealkylation sites (N-methyl/N-ethyl adjacent to an activating group) is 1. The second kappa shape index (κ2) is 28.2. The van der Waals surface area contributed by atoms with E-state index in [1.165, 1.54) is 12.3 Å². The van der Waals surface area contributed by atoms with E-state index in [1.54, 1.807) is 30.3 Å². The highest BCUT2D eigenvalue weighted by molar-refractivity contribution is 8.00. The zero-order valence-electron chi connectivity index (χ0n) is 42.8. The third-order valence-corrected chi connectivity index (χ3v) is 15.3. The van der Waals surface area contributed by atoms with Crippen molar-refractivity contribution in [1.82, 2.24) is 36.1 Å². The number of rotatable bonds is 32. The molecule has 0 radical (unpaired) electrons. The van der Waals surface area contributed by atoms with Crippen LogP contribution in [0.5, 0.6) is 17.4 Å². The van der Waals surface area contributed by atoms with E-state index in [0.29, 0.717) is 97.1 Å². The summed E-state index contributed by atoms with van der Waals surface area (Å²) < 4.78 is 63.9. The zero-order chi connectivity index (χ0) is 55.7. The number of aromatic nitrogens is 2. The Hall–Kier alpha value is -6.81. The third kappa shape index (κ3) is 16.6. The van der Waals surface area contributed by atoms with Crippen LogP contribution in [0, 0.1) is 0 Å². The molecule has 0 saturated carbocycles. The first-order valence-corrected chi connectivity index (χ1v) is 27.3. The van der Waals surface area contributed by atoms with Crippen LogP contribution < -0.4 is 41.1 Å². The van der Waals surface area contributed by atoms with Crippen molar-refractivity contribution in [3.63, 3.8) is 0 Å². The van der Waals surface area contributed by atoms with Gasteiger partial charge in [-0.05, 0) is 67.6 Å². The maximum absolute atomic E-state index is 13.7. The molecule has 2 aromatic heterocycles. The number of hydrogen-bond acceptors (Lipinski definition) is 18. The van der Waals surface area contributed by atoms with Crippen LogP contribution in [0.4, 0.5) is 23.8 Å². The van der Waals surface area contributed by atoms with Gasteiger partial charge in [-0.25, -0.2) is 14.3 Å². The smallest absolute Gasteiger partial charge is 0.442 e. The van der Waals surface area contributed by atoms with Crippen molar-refractivity contribution >= 4 is 58.6 Å². The number of fused-ring (bicyclic) bond motifs is 1. The number of anilines is 1. The lowest BCUT2D eigenvalue weighted by Gasteiger charge is -2.19. The molecular weight excluding hydrogens is 1070 g/mol. The summed E-state index contributed by atoms with van der Waals surface area (Å²) in [5.41, 5.74) is -2.51. The Balaban J connectivity index is 0.800. The maximum Gasteiger partial charge on any atom is 0.442 e. The van der Waals surface area contributed by atoms with Crippen LogP contribution in [0.2, 0.25) is 0 Å². The number of benzene rings is 2. The van der Waals surface area contributed by atoms with Crippen LogP contribution in [0.1, 0.15) is 76.1 Å². The number of carbonyl (C=O) groups is 5. The van der Waals surface area contributed by atoms with E-state index in [-0.39, 0.29) is 78.6 Å². The number of ether oxygens (including phenoxy) is 4. The molecule has 0 unspecified atom stereocenters. The van der Waals surface area contributed by atoms with E-state index in [2.05, 4.69) is 41.8 Å². The summed E-state index contributed by atoms with van der Waals surface area (Å²) in [6, 6.07) is 13.0. The molecule has 7 N–H and O–H groups in total. The van der Waals surface area contributed by atoms with Crippen LogP contribution in [0.25, 0.3) is 0 Å². The Labute approximate surface area is 455 Å². The number of aromatic hydroxyl groups is 2. The number of alkyl halides is 3. The van der Waals surface area contributed by atoms with Crippen LogP contribution >= 0.6 is 23.1 Å². The molecule has 78 heavy (non-hydrogen) atoms. The molecule has 5 heterocycles. The highest BCUT2D eigenvalue weighted by atomic mass is 32.2. The molecule has 0 aliphatic carbocycles. The van der Waals surface area contributed by atoms with Gasteiger partial charge in [0.15, 0.2) is 0 Å². The number of thiazole rings is 1. The van der Waals surface area contributed by atoms with Crippen LogP contribution in [0.3, 0.4) is 0 Å². The molecule has 3 aliphatic rings. The molecular formula is C51H63F3N10O12S2. The first-order valence-electron chi connectivity index (χ1n) is 25.4. The van der Waals surface area contributed by atoms with Crippen molar-refractivity contribution in [3.05, 3.63) is 98.1 Å². The Morgan fingerprint density at radius 1 is 0.859 bits per heavy atom. The van der Waals surface area contributed by atoms with Gasteiger partial charge >= 0.3 is 22.7 Å². The lowest BCUT2D eigenvalue weighted by atomic mass is 10.0. The summed E-state index contributed by atoms with van der Waals surface area (Å²) in [5, 5.41) is 41.2. The molecule has 27 heteroatoms. The summed E-state index contributed by atoms with van der Waals surface area (Å²) in [6.45, 7) is 3.20. The van der Waals surface area contributed by atoms with Crippen molar-refractivity contribution in [1.29, 1.82) is 0 Å². The Bertz CT molecular complexity index is 2740. The number of nitrogens with one attached hydrogen (secondary N) is 5. The molecule has 22 nitrogen and oxygen atoms in total. The second-order valence-electron chi connectivity index (χ2n) is 18.5. The number of pyridine rings is 1. The van der Waals surface area contributed by atoms with Gasteiger partial charge in [-0.3, -0.25) is 24.0 Å². The molecule has 422 valence electrons. The molecule has 5 amide bonds. The number of thioether (sulfide) groups is 1. The van der Waals surface area contributed by atoms with Gasteiger partial charge in [-0.15, -0.1) is 10.2 Å². The quantitative estimate of drug-likeness (QED) is 0.0260. The Morgan fingerprint density at radius 3 is 2.19 bits per heavy atom. The highest BCUT2D eigenvalue weighted by Gasteiger charge is 2.65. The fourth-order valence-electron chi connectivity index (χ4n) is 8.48. The van der Waals surface area contributed by atoms with Crippen molar-refractivity contribution in [2.24, 2.45) is 10.2 Å². The zero-order valence-corrected chi connectivity index (χ0v) is 44.4. The van der Waals surface area contributed by atoms with E-state index in [0.717, 1.165) is 49.3 Å². The number of halogens is 3. The van der Waals surface area contributed by atoms with Crippen LogP contribution in [-0.4, -0.2) is 158 Å². The minimum absolute atomic E-state index is 0.00239. The van der Waals surface area contributed by atoms with Crippen molar-refractivity contribution in [2.45, 2.75) is 86.6 Å². The summed E-state index contributed by atoms with van der Waals surface area (Å²) in [7, 11) is 1.83. The largest absolute Gasteiger partial charge is 0.506 e. The third-order valence-electron chi connectivity index (χ3n) is 12.8. The number of nitrogens with zero attached hydrogens (tertiary/aromatic N) is 5. The topological polar surface area (TPSA) is 286 Å². The van der Waals surface area contributed by atoms with Crippen LogP contribution in [-0.2, 0) is 35.9 Å². The summed E-state index contributed by atoms with van der Waals surface area (Å²) in [6.07, 6.45) is -0.0862. The van der Waals surface area contributed by atoms with Gasteiger partial charge < -0.3 is 60.6 Å². The second-order valence-corrected chi connectivity index (χ2v) is 20.9. The predicted molar refractivity (Wildman–Crippen MR) is 281 cm³/mol. The number of amides is 5. The highest BCUT2D eigenvalue weighted by Crippen LogP contribution is 2.52. The lowest BCUT2D eigenvalue weighted by Crippen LogP contribution is -2.49. The van der Waals surface area contributed by atoms with E-state index in [1.807, 2.05) is 23.7 Å². The van der Waals surface area contributed by atoms with E-state index in [9.17, 15) is 52.2 Å². The number of unbranched alkanes of at least 4 members (excludes halogenated alkanes) is 1. The Morgan fingerprint density at radius 2 is 1.54 bits per heavy atom. The molecule has 2 saturated heterocycles. The fraction of sp³-hybridized carbons (Fsp3) is 0.510. The summed E-state index contributed by atoms with van der Waals surface area (Å²) in [4.78, 5) is 83.0. The van der Waals surface area contributed by atoms with Crippen molar-refractivity contribution < 1.29 is 66.3 Å². The molecule has 4 atom stereocenters. The lowest BCUT2D eigenvalue weighted by molar-refractivity contribution is -0.166. The molecule has 3 aliphatic heterocycles. The SMILES string of the molecule is CN(CCOc1ccc(Cc2sc(=O)n(C(=O)C[C@@H](NC(=O)c3ccc(C4(C(F)(F)F)N=N4)cc3)C(=O)NCCCOCCOCCOCCCNC(=O)CCCC[C@@H]3SC[C@@H]4NC(=O)N[C@@H]43)c2O)cc1)c1ccc(O)cn1. The van der Waals surface area contributed by atoms with Gasteiger partial charge in [0, 0.05) is 68.3 Å². The van der Waals surface area contributed by atoms with Gasteiger partial charge in [0.25, 0.3) is 5.91 Å². The minimum atomic E-state index is -4.80. The average molecular weight is 1130 g/mol. The van der Waals surface area contributed by atoms with Gasteiger partial charge in [0.1, 0.15) is 30.0 Å². The number of urea groups is 1. The first-order chi connectivity index (χ1) is 37.5. The number of carbonyl (C=O) groups excluding carboxylic acids is 5. The molecule has 4 aromatic rings. The first kappa shape index (κ1) is 58.9. The average Bonchev–Trinajstić information content (AvgIpc) is 3.97. The number of hydrogen-bond donors (Lipinski definition) is 7. The Kier molecular flexibility index (Phi) is 21.3. The summed E-state index contributed by atoms with van der Waals surface area (Å²) in [5.74, 6) is -1.20. The van der Waals surface area contributed by atoms with E-state index in [4.69, 9.17) is 18.9 Å². The van der Waals surface area contributed by atoms with E-state index >= 15 is 0 Å². The summed E-state index contributed by atoms with van der Waals surface area (Å²) >= 11 is 2.49. The van der Waals surface area contributed by atoms with Crippen LogP contribution in [0.15, 0.2) is 81.9 Å². The molecule has 2 aromatic carbocycles.